The Bertz CT molecular complexity index is 1890. The van der Waals surface area contributed by atoms with E-state index in [0.717, 1.165) is 180 Å². The van der Waals surface area contributed by atoms with Gasteiger partial charge in [0, 0.05) is 19.3 Å². The lowest BCUT2D eigenvalue weighted by atomic mass is 10.1. The van der Waals surface area contributed by atoms with Gasteiger partial charge in [0.15, 0.2) is 6.10 Å². The summed E-state index contributed by atoms with van der Waals surface area (Å²) in [6.45, 7) is 6.32. The second-order valence-electron chi connectivity index (χ2n) is 21.6. The number of unbranched alkanes of at least 4 members (excludes halogenated alkanes) is 20. The predicted molar refractivity (Wildman–Crippen MR) is 361 cm³/mol. The van der Waals surface area contributed by atoms with Gasteiger partial charge in [-0.2, -0.15) is 0 Å². The fourth-order valence-corrected chi connectivity index (χ4v) is 8.72. The highest BCUT2D eigenvalue weighted by Gasteiger charge is 2.19. The van der Waals surface area contributed by atoms with E-state index < -0.39 is 6.10 Å². The van der Waals surface area contributed by atoms with Gasteiger partial charge < -0.3 is 14.2 Å². The first kappa shape index (κ1) is 77.8. The first-order valence-corrected chi connectivity index (χ1v) is 33.6. The van der Waals surface area contributed by atoms with Crippen molar-refractivity contribution in [3.8, 4) is 0 Å². The summed E-state index contributed by atoms with van der Waals surface area (Å²) in [5.74, 6) is -0.936. The first-order valence-electron chi connectivity index (χ1n) is 33.6. The minimum Gasteiger partial charge on any atom is -0.462 e. The van der Waals surface area contributed by atoms with E-state index in [1.54, 1.807) is 0 Å². The van der Waals surface area contributed by atoms with Crippen molar-refractivity contribution in [3.05, 3.63) is 170 Å². The Balaban J connectivity index is 4.31. The van der Waals surface area contributed by atoms with Crippen LogP contribution in [0.4, 0.5) is 0 Å². The fourth-order valence-electron chi connectivity index (χ4n) is 8.72. The maximum absolute atomic E-state index is 12.9. The highest BCUT2D eigenvalue weighted by Crippen LogP contribution is 2.15. The smallest absolute Gasteiger partial charge is 0.306 e. The van der Waals surface area contributed by atoms with Gasteiger partial charge in [0.05, 0.1) is 0 Å². The maximum Gasteiger partial charge on any atom is 0.306 e. The number of allylic oxidation sites excluding steroid dienone is 28. The Hall–Kier alpha value is -5.23. The third-order valence-corrected chi connectivity index (χ3v) is 13.7. The van der Waals surface area contributed by atoms with Gasteiger partial charge in [0.1, 0.15) is 13.2 Å². The van der Waals surface area contributed by atoms with Gasteiger partial charge in [-0.25, -0.2) is 0 Å². The van der Waals surface area contributed by atoms with Crippen molar-refractivity contribution in [3.63, 3.8) is 0 Å². The number of carbonyl (C=O) groups is 3. The average molecular weight is 1140 g/mol. The molecule has 0 saturated heterocycles. The molecular weight excluding hydrogens is 1020 g/mol. The third kappa shape index (κ3) is 67.4. The molecule has 0 aliphatic carbocycles. The zero-order valence-electron chi connectivity index (χ0n) is 53.4. The fraction of sp³-hybridized carbons (Fsp3) is 0.597. The summed E-state index contributed by atoms with van der Waals surface area (Å²) in [7, 11) is 0. The second kappa shape index (κ2) is 69.3. The van der Waals surface area contributed by atoms with Crippen molar-refractivity contribution in [1.29, 1.82) is 0 Å². The summed E-state index contributed by atoms with van der Waals surface area (Å²) in [5.41, 5.74) is 0. The molecule has 0 fully saturated rings. The molecule has 0 aliphatic rings. The summed E-state index contributed by atoms with van der Waals surface area (Å²) >= 11 is 0. The van der Waals surface area contributed by atoms with Gasteiger partial charge in [0.25, 0.3) is 0 Å². The number of ether oxygens (including phenoxy) is 3. The highest BCUT2D eigenvalue weighted by atomic mass is 16.6. The lowest BCUT2D eigenvalue weighted by molar-refractivity contribution is -0.167. The molecule has 0 N–H and O–H groups in total. The van der Waals surface area contributed by atoms with Gasteiger partial charge in [-0.05, 0) is 148 Å². The van der Waals surface area contributed by atoms with E-state index in [9.17, 15) is 14.4 Å². The standard InChI is InChI=1S/C77H122O6/c1-4-7-10-13-16-19-22-25-27-29-30-31-32-33-34-35-36-37-38-39-40-41-42-43-44-45-46-48-49-52-55-58-61-64-67-70-76(79)82-73-74(72-81-75(78)69-66-63-60-57-54-51-24-21-18-15-12-9-6-3)83-77(80)71-68-65-62-59-56-53-50-47-28-26-23-20-17-14-11-8-5-2/h7-8,10-12,15-17,19-21,24-28,30-31,33-34,36-37,39-40,42-43,45-46,74H,4-6,9,13-14,18,22-23,29,32,35,38,41,44,47-73H2,1-3H3/b10-7-,11-8-,15-12-,19-16-,20-17-,24-21-,27-25-,28-26-,31-30-,34-33-,37-36-,40-39-,43-42-,46-45-. The maximum atomic E-state index is 12.9. The van der Waals surface area contributed by atoms with Gasteiger partial charge in [0.2, 0.25) is 0 Å². The lowest BCUT2D eigenvalue weighted by Crippen LogP contribution is -2.30. The normalized spacial score (nSPS) is 13.2. The summed E-state index contributed by atoms with van der Waals surface area (Å²) in [6, 6.07) is 0. The molecule has 0 aromatic heterocycles. The second-order valence-corrected chi connectivity index (χ2v) is 21.6. The van der Waals surface area contributed by atoms with Crippen LogP contribution < -0.4 is 0 Å². The van der Waals surface area contributed by atoms with Crippen molar-refractivity contribution in [2.75, 3.05) is 13.2 Å². The Kier molecular flexibility index (Phi) is 64.9. The molecule has 0 heterocycles. The van der Waals surface area contributed by atoms with Gasteiger partial charge in [-0.1, -0.05) is 281 Å². The van der Waals surface area contributed by atoms with Crippen LogP contribution in [0.3, 0.4) is 0 Å². The molecule has 0 saturated carbocycles. The van der Waals surface area contributed by atoms with E-state index in [2.05, 4.69) is 191 Å². The SMILES string of the molecule is CC/C=C\C/C=C\C/C=C\C/C=C\C/C=C\C/C=C\C/C=C\C/C=C\C/C=C\CCCCCCCCCC(=O)OCC(COC(=O)CCCCCCC/C=C\C/C=C\CCC)OC(=O)CCCCCCCCC/C=C\C/C=C\C/C=C\CC. The molecule has 0 radical (unpaired) electrons. The third-order valence-electron chi connectivity index (χ3n) is 13.7. The van der Waals surface area contributed by atoms with Crippen molar-refractivity contribution >= 4 is 17.9 Å². The van der Waals surface area contributed by atoms with Crippen LogP contribution in [-0.4, -0.2) is 37.2 Å². The van der Waals surface area contributed by atoms with Crippen molar-refractivity contribution in [2.45, 2.75) is 284 Å². The topological polar surface area (TPSA) is 78.9 Å². The largest absolute Gasteiger partial charge is 0.462 e. The molecule has 6 nitrogen and oxygen atoms in total. The number of carbonyl (C=O) groups excluding carboxylic acids is 3. The molecule has 0 aliphatic heterocycles. The van der Waals surface area contributed by atoms with E-state index >= 15 is 0 Å². The summed E-state index contributed by atoms with van der Waals surface area (Å²) < 4.78 is 16.9. The quantitative estimate of drug-likeness (QED) is 0.0261. The Labute approximate surface area is 511 Å². The van der Waals surface area contributed by atoms with Crippen LogP contribution in [0.1, 0.15) is 278 Å². The van der Waals surface area contributed by atoms with Crippen molar-refractivity contribution in [1.82, 2.24) is 0 Å². The molecule has 1 unspecified atom stereocenters. The minimum atomic E-state index is -0.803. The van der Waals surface area contributed by atoms with Crippen molar-refractivity contribution in [2.24, 2.45) is 0 Å². The van der Waals surface area contributed by atoms with Crippen LogP contribution in [0, 0.1) is 0 Å². The number of hydrogen-bond acceptors (Lipinski definition) is 6. The molecule has 6 heteroatoms. The van der Waals surface area contributed by atoms with Crippen LogP contribution >= 0.6 is 0 Å². The first-order chi connectivity index (χ1) is 41.0. The Morgan fingerprint density at radius 3 is 0.735 bits per heavy atom. The van der Waals surface area contributed by atoms with E-state index in [4.69, 9.17) is 14.2 Å². The van der Waals surface area contributed by atoms with E-state index in [1.807, 2.05) is 0 Å². The Morgan fingerprint density at radius 2 is 0.470 bits per heavy atom. The van der Waals surface area contributed by atoms with Crippen LogP contribution in [0.5, 0.6) is 0 Å². The molecule has 466 valence electrons. The van der Waals surface area contributed by atoms with Gasteiger partial charge in [-0.15, -0.1) is 0 Å². The van der Waals surface area contributed by atoms with Crippen LogP contribution in [0.25, 0.3) is 0 Å². The summed E-state index contributed by atoms with van der Waals surface area (Å²) in [4.78, 5) is 38.3. The molecule has 0 spiro atoms. The molecule has 0 amide bonds. The average Bonchev–Trinajstić information content (AvgIpc) is 3.49. The predicted octanol–water partition coefficient (Wildman–Crippen LogP) is 23.4. The van der Waals surface area contributed by atoms with Crippen LogP contribution in [0.2, 0.25) is 0 Å². The zero-order valence-corrected chi connectivity index (χ0v) is 53.4. The molecule has 1 atom stereocenters. The van der Waals surface area contributed by atoms with E-state index in [1.165, 1.54) is 57.8 Å². The number of rotatable bonds is 59. The summed E-state index contributed by atoms with van der Waals surface area (Å²) in [5, 5.41) is 0. The number of esters is 3. The van der Waals surface area contributed by atoms with E-state index in [0.29, 0.717) is 19.3 Å². The van der Waals surface area contributed by atoms with Gasteiger partial charge >= 0.3 is 17.9 Å². The molecule has 0 aromatic rings. The highest BCUT2D eigenvalue weighted by molar-refractivity contribution is 5.71. The molecular formula is C77H122O6. The van der Waals surface area contributed by atoms with Crippen LogP contribution in [0.15, 0.2) is 170 Å². The summed E-state index contributed by atoms with van der Waals surface area (Å²) in [6.07, 6.45) is 102. The monoisotopic (exact) mass is 1140 g/mol. The number of hydrogen-bond donors (Lipinski definition) is 0. The van der Waals surface area contributed by atoms with E-state index in [-0.39, 0.29) is 31.1 Å². The molecule has 83 heavy (non-hydrogen) atoms. The zero-order chi connectivity index (χ0) is 59.9. The lowest BCUT2D eigenvalue weighted by Gasteiger charge is -2.18. The molecule has 0 rings (SSSR count). The van der Waals surface area contributed by atoms with Gasteiger partial charge in [-0.3, -0.25) is 14.4 Å². The Morgan fingerprint density at radius 1 is 0.253 bits per heavy atom. The molecule has 0 aromatic carbocycles. The molecule has 0 bridgehead atoms. The minimum absolute atomic E-state index is 0.0989. The van der Waals surface area contributed by atoms with Crippen molar-refractivity contribution < 1.29 is 28.6 Å². The van der Waals surface area contributed by atoms with Crippen LogP contribution in [-0.2, 0) is 28.6 Å².